The lowest BCUT2D eigenvalue weighted by atomic mass is 9.93. The summed E-state index contributed by atoms with van der Waals surface area (Å²) in [5.41, 5.74) is -0.475. The standard InChI is InChI=1S/C20H20F4N2O2/c21-14-3-9-17(10-4-14)28-18-11-7-16(8-12-18)26-19(27)25-15-5-1-13(2-6-15)20(22,23)24/h1-6,9-10,16,18H,7-8,11-12H2,(H2,25,26,27). The van der Waals surface area contributed by atoms with Crippen LogP contribution < -0.4 is 15.4 Å². The molecule has 0 saturated heterocycles. The van der Waals surface area contributed by atoms with Crippen molar-refractivity contribution in [1.82, 2.24) is 5.32 Å². The molecule has 0 unspecified atom stereocenters. The molecule has 1 saturated carbocycles. The van der Waals surface area contributed by atoms with Gasteiger partial charge in [-0.25, -0.2) is 9.18 Å². The van der Waals surface area contributed by atoms with Crippen molar-refractivity contribution in [1.29, 1.82) is 0 Å². The molecule has 0 radical (unpaired) electrons. The molecule has 1 aliphatic rings. The van der Waals surface area contributed by atoms with Crippen LogP contribution in [0, 0.1) is 5.82 Å². The molecule has 4 nitrogen and oxygen atoms in total. The number of alkyl halides is 3. The van der Waals surface area contributed by atoms with Gasteiger partial charge in [0.25, 0.3) is 0 Å². The highest BCUT2D eigenvalue weighted by molar-refractivity contribution is 5.89. The van der Waals surface area contributed by atoms with Gasteiger partial charge in [-0.15, -0.1) is 0 Å². The zero-order valence-corrected chi connectivity index (χ0v) is 14.9. The topological polar surface area (TPSA) is 50.4 Å². The minimum atomic E-state index is -4.41. The Morgan fingerprint density at radius 1 is 0.929 bits per heavy atom. The van der Waals surface area contributed by atoms with Crippen molar-refractivity contribution in [3.63, 3.8) is 0 Å². The van der Waals surface area contributed by atoms with E-state index in [0.29, 0.717) is 24.3 Å². The second kappa shape index (κ2) is 8.50. The van der Waals surface area contributed by atoms with Crippen molar-refractivity contribution < 1.29 is 27.1 Å². The molecule has 1 fully saturated rings. The molecule has 0 spiro atoms. The first-order valence-corrected chi connectivity index (χ1v) is 8.96. The average Bonchev–Trinajstić information content (AvgIpc) is 2.65. The van der Waals surface area contributed by atoms with Gasteiger partial charge in [-0.3, -0.25) is 0 Å². The summed E-state index contributed by atoms with van der Waals surface area (Å²) < 4.78 is 56.4. The molecule has 2 aromatic rings. The number of hydrogen-bond donors (Lipinski definition) is 2. The summed E-state index contributed by atoms with van der Waals surface area (Å²) >= 11 is 0. The van der Waals surface area contributed by atoms with E-state index in [1.54, 1.807) is 12.1 Å². The van der Waals surface area contributed by atoms with E-state index in [9.17, 15) is 22.4 Å². The second-order valence-corrected chi connectivity index (χ2v) is 6.72. The number of halogens is 4. The van der Waals surface area contributed by atoms with Crippen LogP contribution in [0.25, 0.3) is 0 Å². The van der Waals surface area contributed by atoms with Crippen molar-refractivity contribution in [3.8, 4) is 5.75 Å². The lowest BCUT2D eigenvalue weighted by Crippen LogP contribution is -2.41. The molecule has 0 bridgehead atoms. The number of rotatable bonds is 4. The molecule has 0 heterocycles. The number of anilines is 1. The normalized spacial score (nSPS) is 19.7. The van der Waals surface area contributed by atoms with Crippen LogP contribution in [-0.2, 0) is 6.18 Å². The molecule has 0 aromatic heterocycles. The van der Waals surface area contributed by atoms with E-state index in [1.807, 2.05) is 0 Å². The quantitative estimate of drug-likeness (QED) is 0.684. The number of nitrogens with one attached hydrogen (secondary N) is 2. The van der Waals surface area contributed by atoms with Gasteiger partial charge < -0.3 is 15.4 Å². The summed E-state index contributed by atoms with van der Waals surface area (Å²) in [6.07, 6.45) is -1.50. The van der Waals surface area contributed by atoms with Gasteiger partial charge in [-0.1, -0.05) is 0 Å². The van der Waals surface area contributed by atoms with E-state index in [4.69, 9.17) is 4.74 Å². The first-order chi connectivity index (χ1) is 13.3. The minimum Gasteiger partial charge on any atom is -0.490 e. The van der Waals surface area contributed by atoms with Crippen LogP contribution >= 0.6 is 0 Å². The molecule has 2 amide bonds. The Hall–Kier alpha value is -2.77. The molecule has 2 N–H and O–H groups in total. The predicted octanol–water partition coefficient (Wildman–Crippen LogP) is 5.36. The largest absolute Gasteiger partial charge is 0.490 e. The maximum Gasteiger partial charge on any atom is 0.416 e. The third-order valence-corrected chi connectivity index (χ3v) is 4.60. The number of hydrogen-bond acceptors (Lipinski definition) is 2. The van der Waals surface area contributed by atoms with Gasteiger partial charge in [0, 0.05) is 11.7 Å². The Balaban J connectivity index is 1.42. The van der Waals surface area contributed by atoms with Gasteiger partial charge in [0.15, 0.2) is 0 Å². The first-order valence-electron chi connectivity index (χ1n) is 8.96. The van der Waals surface area contributed by atoms with Crippen LogP contribution in [0.2, 0.25) is 0 Å². The number of carbonyl (C=O) groups is 1. The zero-order valence-electron chi connectivity index (χ0n) is 14.9. The third kappa shape index (κ3) is 5.61. The van der Waals surface area contributed by atoms with Gasteiger partial charge in [0.05, 0.1) is 11.7 Å². The molecular formula is C20H20F4N2O2. The van der Waals surface area contributed by atoms with Crippen LogP contribution in [0.15, 0.2) is 48.5 Å². The predicted molar refractivity (Wildman–Crippen MR) is 96.7 cm³/mol. The van der Waals surface area contributed by atoms with E-state index in [2.05, 4.69) is 10.6 Å². The number of amides is 2. The van der Waals surface area contributed by atoms with E-state index in [0.717, 1.165) is 25.0 Å². The van der Waals surface area contributed by atoms with Gasteiger partial charge >= 0.3 is 12.2 Å². The van der Waals surface area contributed by atoms with E-state index in [1.165, 1.54) is 24.3 Å². The fourth-order valence-electron chi connectivity index (χ4n) is 3.13. The minimum absolute atomic E-state index is 0.00138. The summed E-state index contributed by atoms with van der Waals surface area (Å²) in [5.74, 6) is 0.289. The van der Waals surface area contributed by atoms with Crippen molar-refractivity contribution >= 4 is 11.7 Å². The Morgan fingerprint density at radius 3 is 2.11 bits per heavy atom. The monoisotopic (exact) mass is 396 g/mol. The first kappa shape index (κ1) is 20.0. The molecule has 1 aliphatic carbocycles. The Labute approximate surface area is 159 Å². The Kier molecular flexibility index (Phi) is 6.06. The molecule has 0 aliphatic heterocycles. The summed E-state index contributed by atoms with van der Waals surface area (Å²) in [6.45, 7) is 0. The van der Waals surface area contributed by atoms with Crippen molar-refractivity contribution in [3.05, 3.63) is 59.9 Å². The molecule has 3 rings (SSSR count). The molecular weight excluding hydrogens is 376 g/mol. The summed E-state index contributed by atoms with van der Waals surface area (Å²) in [7, 11) is 0. The summed E-state index contributed by atoms with van der Waals surface area (Å²) in [4.78, 5) is 12.1. The second-order valence-electron chi connectivity index (χ2n) is 6.72. The van der Waals surface area contributed by atoms with Gasteiger partial charge in [0.1, 0.15) is 11.6 Å². The van der Waals surface area contributed by atoms with Gasteiger partial charge in [0.2, 0.25) is 0 Å². The maximum atomic E-state index is 12.9. The zero-order chi connectivity index (χ0) is 20.1. The van der Waals surface area contributed by atoms with E-state index >= 15 is 0 Å². The van der Waals surface area contributed by atoms with E-state index < -0.39 is 17.8 Å². The fraction of sp³-hybridized carbons (Fsp3) is 0.350. The van der Waals surface area contributed by atoms with Crippen LogP contribution in [0.5, 0.6) is 5.75 Å². The SMILES string of the molecule is O=C(Nc1ccc(C(F)(F)F)cc1)NC1CCC(Oc2ccc(F)cc2)CC1. The number of urea groups is 1. The molecule has 2 aromatic carbocycles. The van der Waals surface area contributed by atoms with Crippen molar-refractivity contribution in [2.75, 3.05) is 5.32 Å². The maximum absolute atomic E-state index is 12.9. The highest BCUT2D eigenvalue weighted by atomic mass is 19.4. The smallest absolute Gasteiger partial charge is 0.416 e. The Morgan fingerprint density at radius 2 is 1.54 bits per heavy atom. The molecule has 150 valence electrons. The van der Waals surface area contributed by atoms with Crippen LogP contribution in [-0.4, -0.2) is 18.2 Å². The third-order valence-electron chi connectivity index (χ3n) is 4.60. The lowest BCUT2D eigenvalue weighted by molar-refractivity contribution is -0.137. The molecule has 0 atom stereocenters. The van der Waals surface area contributed by atoms with Crippen molar-refractivity contribution in [2.24, 2.45) is 0 Å². The fourth-order valence-corrected chi connectivity index (χ4v) is 3.13. The van der Waals surface area contributed by atoms with Crippen LogP contribution in [0.1, 0.15) is 31.2 Å². The molecule has 28 heavy (non-hydrogen) atoms. The number of carbonyl (C=O) groups excluding carboxylic acids is 1. The highest BCUT2D eigenvalue weighted by Gasteiger charge is 2.30. The summed E-state index contributed by atoms with van der Waals surface area (Å²) in [6, 6.07) is 9.63. The van der Waals surface area contributed by atoms with Crippen molar-refractivity contribution in [2.45, 2.75) is 44.0 Å². The van der Waals surface area contributed by atoms with Gasteiger partial charge in [-0.2, -0.15) is 13.2 Å². The van der Waals surface area contributed by atoms with Gasteiger partial charge in [-0.05, 0) is 74.2 Å². The number of benzene rings is 2. The highest BCUT2D eigenvalue weighted by Crippen LogP contribution is 2.30. The number of ether oxygens (including phenoxy) is 1. The molecule has 8 heteroatoms. The Bertz CT molecular complexity index is 783. The van der Waals surface area contributed by atoms with E-state index in [-0.39, 0.29) is 18.0 Å². The lowest BCUT2D eigenvalue weighted by Gasteiger charge is -2.29. The summed E-state index contributed by atoms with van der Waals surface area (Å²) in [5, 5.41) is 5.37. The van der Waals surface area contributed by atoms with Crippen LogP contribution in [0.4, 0.5) is 28.0 Å². The van der Waals surface area contributed by atoms with Crippen LogP contribution in [0.3, 0.4) is 0 Å². The average molecular weight is 396 g/mol.